The van der Waals surface area contributed by atoms with Gasteiger partial charge in [0.1, 0.15) is 4.90 Å². The van der Waals surface area contributed by atoms with Crippen molar-refractivity contribution >= 4 is 78.8 Å². The van der Waals surface area contributed by atoms with Crippen LogP contribution < -0.4 is 10.5 Å². The van der Waals surface area contributed by atoms with Gasteiger partial charge in [0, 0.05) is 13.6 Å². The fourth-order valence-electron chi connectivity index (χ4n) is 1.63. The summed E-state index contributed by atoms with van der Waals surface area (Å²) >= 11 is 19.5. The van der Waals surface area contributed by atoms with E-state index in [9.17, 15) is 8.42 Å². The minimum absolute atomic E-state index is 0.0241. The van der Waals surface area contributed by atoms with Gasteiger partial charge >= 0.3 is 0 Å². The monoisotopic (exact) mass is 476 g/mol. The van der Waals surface area contributed by atoms with Gasteiger partial charge in [-0.25, -0.2) is 8.42 Å². The van der Waals surface area contributed by atoms with Crippen LogP contribution in [0.3, 0.4) is 0 Å². The fraction of sp³-hybridized carbons (Fsp3) is 0. The van der Waals surface area contributed by atoms with Crippen molar-refractivity contribution in [3.05, 3.63) is 49.0 Å². The Kier molecular flexibility index (Phi) is 5.15. The zero-order valence-corrected chi connectivity index (χ0v) is 15.4. The quantitative estimate of drug-likeness (QED) is 0.500. The van der Waals surface area contributed by atoms with Crippen molar-refractivity contribution in [2.45, 2.75) is 4.90 Å². The molecular weight excluding hydrogens is 469 g/mol. The number of hydrogen-bond acceptors (Lipinski definition) is 3. The van der Waals surface area contributed by atoms with Gasteiger partial charge in [-0.05, 0) is 52.9 Å². The van der Waals surface area contributed by atoms with E-state index in [4.69, 9.17) is 40.5 Å². The first kappa shape index (κ1) is 17.0. The summed E-state index contributed by atoms with van der Waals surface area (Å²) in [6.07, 6.45) is 0. The molecule has 9 heteroatoms. The smallest absolute Gasteiger partial charge is 0.265 e. The van der Waals surface area contributed by atoms with Crippen molar-refractivity contribution in [1.82, 2.24) is 0 Å². The lowest BCUT2D eigenvalue weighted by Gasteiger charge is -2.13. The van der Waals surface area contributed by atoms with Crippen LogP contribution in [0.2, 0.25) is 15.1 Å². The van der Waals surface area contributed by atoms with Gasteiger partial charge in [0.05, 0.1) is 16.4 Å². The Morgan fingerprint density at radius 2 is 1.71 bits per heavy atom. The first-order valence-electron chi connectivity index (χ1n) is 5.43. The highest BCUT2D eigenvalue weighted by atomic mass is 127. The third kappa shape index (κ3) is 3.87. The average Bonchev–Trinajstić information content (AvgIpc) is 2.30. The van der Waals surface area contributed by atoms with Gasteiger partial charge in [0.25, 0.3) is 10.0 Å². The third-order valence-electron chi connectivity index (χ3n) is 2.48. The number of hydrogen-bond donors (Lipinski definition) is 2. The highest BCUT2D eigenvalue weighted by molar-refractivity contribution is 14.1. The molecule has 0 aromatic heterocycles. The summed E-state index contributed by atoms with van der Waals surface area (Å²) in [5.41, 5.74) is 6.07. The molecule has 0 fully saturated rings. The van der Waals surface area contributed by atoms with Crippen LogP contribution in [0.4, 0.5) is 11.4 Å². The summed E-state index contributed by atoms with van der Waals surface area (Å²) in [4.78, 5) is -0.209. The third-order valence-corrected chi connectivity index (χ3v) is 5.72. The second kappa shape index (κ2) is 6.37. The average molecular weight is 478 g/mol. The lowest BCUT2D eigenvalue weighted by atomic mass is 10.3. The molecule has 3 N–H and O–H groups in total. The number of nitrogens with one attached hydrogen (secondary N) is 1. The molecule has 0 aliphatic carbocycles. The second-order valence-corrected chi connectivity index (χ2v) is 8.10. The van der Waals surface area contributed by atoms with E-state index in [1.54, 1.807) is 18.2 Å². The molecule has 2 rings (SSSR count). The van der Waals surface area contributed by atoms with E-state index in [0.717, 1.165) is 0 Å². The summed E-state index contributed by atoms with van der Waals surface area (Å²) in [7, 11) is -3.94. The van der Waals surface area contributed by atoms with Crippen LogP contribution in [0.1, 0.15) is 0 Å². The minimum Gasteiger partial charge on any atom is -0.398 e. The molecule has 0 heterocycles. The maximum atomic E-state index is 12.4. The molecule has 2 aromatic carbocycles. The molecule has 21 heavy (non-hydrogen) atoms. The summed E-state index contributed by atoms with van der Waals surface area (Å²) in [5.74, 6) is 0. The van der Waals surface area contributed by atoms with Crippen LogP contribution in [-0.4, -0.2) is 8.42 Å². The van der Waals surface area contributed by atoms with E-state index in [2.05, 4.69) is 4.72 Å². The highest BCUT2D eigenvalue weighted by Crippen LogP contribution is 2.33. The summed E-state index contributed by atoms with van der Waals surface area (Å²) < 4.78 is 27.9. The molecule has 0 atom stereocenters. The summed E-state index contributed by atoms with van der Waals surface area (Å²) in [5, 5.41) is 0.723. The van der Waals surface area contributed by atoms with Crippen LogP contribution in [0, 0.1) is 3.57 Å². The lowest BCUT2D eigenvalue weighted by Crippen LogP contribution is -2.16. The van der Waals surface area contributed by atoms with Gasteiger partial charge in [0.2, 0.25) is 0 Å². The lowest BCUT2D eigenvalue weighted by molar-refractivity contribution is 0.601. The minimum atomic E-state index is -3.94. The second-order valence-electron chi connectivity index (χ2n) is 4.04. The Bertz CT molecular complexity index is 789. The number of sulfonamides is 1. The molecule has 0 radical (unpaired) electrons. The van der Waals surface area contributed by atoms with Gasteiger partial charge in [-0.3, -0.25) is 4.72 Å². The van der Waals surface area contributed by atoms with Gasteiger partial charge < -0.3 is 5.73 Å². The van der Waals surface area contributed by atoms with Crippen LogP contribution in [0.25, 0.3) is 0 Å². The molecule has 0 saturated heterocycles. The van der Waals surface area contributed by atoms with E-state index < -0.39 is 10.0 Å². The maximum Gasteiger partial charge on any atom is 0.265 e. The maximum absolute atomic E-state index is 12.4. The summed E-state index contributed by atoms with van der Waals surface area (Å²) in [6, 6.07) is 7.42. The standard InChI is InChI=1S/C12H8Cl3IN2O2S/c13-6-1-2-11(9(16)4-6)18-21(19,20)12-8(15)3-7(14)5-10(12)17/h1-5,18H,17H2. The SMILES string of the molecule is Nc1cc(Cl)cc(Cl)c1S(=O)(=O)Nc1ccc(Cl)cc1I. The van der Waals surface area contributed by atoms with E-state index in [1.165, 1.54) is 12.1 Å². The van der Waals surface area contributed by atoms with Crippen molar-refractivity contribution in [2.24, 2.45) is 0 Å². The van der Waals surface area contributed by atoms with Crippen LogP contribution >= 0.6 is 57.4 Å². The van der Waals surface area contributed by atoms with E-state index >= 15 is 0 Å². The van der Waals surface area contributed by atoms with Crippen molar-refractivity contribution in [3.63, 3.8) is 0 Å². The zero-order chi connectivity index (χ0) is 15.8. The zero-order valence-electron chi connectivity index (χ0n) is 10.2. The predicted molar refractivity (Wildman–Crippen MR) is 95.9 cm³/mol. The Balaban J connectivity index is 2.48. The molecule has 4 nitrogen and oxygen atoms in total. The van der Waals surface area contributed by atoms with Gasteiger partial charge in [0.15, 0.2) is 0 Å². The fourth-order valence-corrected chi connectivity index (χ4v) is 4.89. The largest absolute Gasteiger partial charge is 0.398 e. The van der Waals surface area contributed by atoms with Crippen molar-refractivity contribution in [2.75, 3.05) is 10.5 Å². The van der Waals surface area contributed by atoms with E-state index in [-0.39, 0.29) is 20.6 Å². The predicted octanol–water partition coefficient (Wildman–Crippen LogP) is 4.63. The molecule has 0 unspecified atom stereocenters. The Labute approximate surface area is 150 Å². The first-order chi connectivity index (χ1) is 9.70. The normalized spacial score (nSPS) is 11.4. The van der Waals surface area contributed by atoms with Gasteiger partial charge in [-0.1, -0.05) is 34.8 Å². The molecule has 0 spiro atoms. The van der Waals surface area contributed by atoms with E-state index in [0.29, 0.717) is 14.3 Å². The first-order valence-corrected chi connectivity index (χ1v) is 9.12. The molecule has 0 aliphatic rings. The molecule has 0 saturated carbocycles. The highest BCUT2D eigenvalue weighted by Gasteiger charge is 2.23. The number of rotatable bonds is 3. The number of halogens is 4. The molecule has 2 aromatic rings. The van der Waals surface area contributed by atoms with Crippen molar-refractivity contribution in [1.29, 1.82) is 0 Å². The Morgan fingerprint density at radius 3 is 2.29 bits per heavy atom. The molecular formula is C12H8Cl3IN2O2S. The molecule has 0 aliphatic heterocycles. The topological polar surface area (TPSA) is 72.2 Å². The van der Waals surface area contributed by atoms with Gasteiger partial charge in [-0.15, -0.1) is 0 Å². The van der Waals surface area contributed by atoms with Crippen LogP contribution in [0.5, 0.6) is 0 Å². The number of benzene rings is 2. The molecule has 112 valence electrons. The molecule has 0 amide bonds. The Hall–Kier alpha value is -0.410. The van der Waals surface area contributed by atoms with Crippen LogP contribution in [-0.2, 0) is 10.0 Å². The van der Waals surface area contributed by atoms with Gasteiger partial charge in [-0.2, -0.15) is 0 Å². The Morgan fingerprint density at radius 1 is 1.05 bits per heavy atom. The summed E-state index contributed by atoms with van der Waals surface area (Å²) in [6.45, 7) is 0. The van der Waals surface area contributed by atoms with E-state index in [1.807, 2.05) is 22.6 Å². The number of nitrogen functional groups attached to an aromatic ring is 1. The number of nitrogens with two attached hydrogens (primary N) is 1. The van der Waals surface area contributed by atoms with Crippen molar-refractivity contribution < 1.29 is 8.42 Å². The van der Waals surface area contributed by atoms with Crippen molar-refractivity contribution in [3.8, 4) is 0 Å². The number of anilines is 2. The van der Waals surface area contributed by atoms with Crippen LogP contribution in [0.15, 0.2) is 35.2 Å². The molecule has 0 bridgehead atoms.